The number of carbonyl (C=O) groups excluding carboxylic acids is 1. The number of rotatable bonds is 6. The molecule has 20 heavy (non-hydrogen) atoms. The van der Waals surface area contributed by atoms with Crippen molar-refractivity contribution < 1.29 is 14.3 Å². The zero-order valence-corrected chi connectivity index (χ0v) is 11.2. The van der Waals surface area contributed by atoms with Gasteiger partial charge in [0.25, 0.3) is 5.91 Å². The third kappa shape index (κ3) is 3.71. The van der Waals surface area contributed by atoms with Crippen LogP contribution in [-0.4, -0.2) is 31.2 Å². The Hall–Kier alpha value is -2.56. The summed E-state index contributed by atoms with van der Waals surface area (Å²) in [6, 6.07) is 10.7. The fraction of sp³-hybridized carbons (Fsp3) is 0.200. The van der Waals surface area contributed by atoms with E-state index in [2.05, 4.69) is 10.3 Å². The van der Waals surface area contributed by atoms with E-state index in [9.17, 15) is 4.79 Å². The largest absolute Gasteiger partial charge is 0.493 e. The second-order valence-electron chi connectivity index (χ2n) is 3.99. The number of ether oxygens (including phenoxy) is 2. The topological polar surface area (TPSA) is 60.5 Å². The summed E-state index contributed by atoms with van der Waals surface area (Å²) in [4.78, 5) is 15.6. The zero-order chi connectivity index (χ0) is 14.2. The molecule has 1 aromatic heterocycles. The van der Waals surface area contributed by atoms with Crippen LogP contribution in [0, 0.1) is 0 Å². The quantitative estimate of drug-likeness (QED) is 0.816. The monoisotopic (exact) mass is 272 g/mol. The van der Waals surface area contributed by atoms with Gasteiger partial charge in [-0.1, -0.05) is 12.1 Å². The van der Waals surface area contributed by atoms with Gasteiger partial charge < -0.3 is 14.8 Å². The molecule has 1 amide bonds. The molecule has 0 radical (unpaired) electrons. The third-order valence-corrected chi connectivity index (χ3v) is 2.66. The molecule has 0 aliphatic rings. The number of pyridine rings is 1. The molecule has 5 nitrogen and oxygen atoms in total. The highest BCUT2D eigenvalue weighted by molar-refractivity contribution is 5.93. The fourth-order valence-corrected chi connectivity index (χ4v) is 1.67. The molecule has 0 aliphatic heterocycles. The Bertz CT molecular complexity index is 558. The molecule has 0 unspecified atom stereocenters. The number of nitrogens with one attached hydrogen (secondary N) is 1. The molecule has 1 N–H and O–H groups in total. The van der Waals surface area contributed by atoms with Gasteiger partial charge in [0.15, 0.2) is 11.5 Å². The van der Waals surface area contributed by atoms with Crippen molar-refractivity contribution in [2.75, 3.05) is 20.3 Å². The number of aromatic nitrogens is 1. The summed E-state index contributed by atoms with van der Waals surface area (Å²) in [5.41, 5.74) is 0.581. The predicted molar refractivity (Wildman–Crippen MR) is 75.1 cm³/mol. The van der Waals surface area contributed by atoms with Crippen LogP contribution in [-0.2, 0) is 0 Å². The fourth-order valence-electron chi connectivity index (χ4n) is 1.67. The Morgan fingerprint density at radius 1 is 1.15 bits per heavy atom. The maximum absolute atomic E-state index is 11.8. The molecule has 5 heteroatoms. The average molecular weight is 272 g/mol. The summed E-state index contributed by atoms with van der Waals surface area (Å²) in [5.74, 6) is 1.19. The highest BCUT2D eigenvalue weighted by Crippen LogP contribution is 2.25. The van der Waals surface area contributed by atoms with Gasteiger partial charge in [0.1, 0.15) is 6.61 Å². The molecular weight excluding hydrogens is 256 g/mol. The van der Waals surface area contributed by atoms with Crippen LogP contribution in [0.2, 0.25) is 0 Å². The summed E-state index contributed by atoms with van der Waals surface area (Å²) in [5, 5.41) is 2.77. The molecule has 1 heterocycles. The van der Waals surface area contributed by atoms with Crippen molar-refractivity contribution in [2.45, 2.75) is 0 Å². The first-order valence-corrected chi connectivity index (χ1v) is 6.25. The Labute approximate surface area is 117 Å². The van der Waals surface area contributed by atoms with Crippen LogP contribution >= 0.6 is 0 Å². The predicted octanol–water partition coefficient (Wildman–Crippen LogP) is 1.90. The summed E-state index contributed by atoms with van der Waals surface area (Å²) >= 11 is 0. The van der Waals surface area contributed by atoms with Crippen LogP contribution in [0.3, 0.4) is 0 Å². The smallest absolute Gasteiger partial charge is 0.251 e. The van der Waals surface area contributed by atoms with Crippen molar-refractivity contribution >= 4 is 5.91 Å². The average Bonchev–Trinajstić information content (AvgIpc) is 2.52. The maximum atomic E-state index is 11.8. The van der Waals surface area contributed by atoms with E-state index in [4.69, 9.17) is 9.47 Å². The lowest BCUT2D eigenvalue weighted by Gasteiger charge is -2.10. The summed E-state index contributed by atoms with van der Waals surface area (Å²) in [7, 11) is 1.59. The summed E-state index contributed by atoms with van der Waals surface area (Å²) in [6.07, 6.45) is 3.17. The van der Waals surface area contributed by atoms with E-state index in [1.807, 2.05) is 24.3 Å². The van der Waals surface area contributed by atoms with E-state index in [1.165, 1.54) is 0 Å². The highest BCUT2D eigenvalue weighted by Gasteiger charge is 2.05. The van der Waals surface area contributed by atoms with Gasteiger partial charge in [0.2, 0.25) is 0 Å². The van der Waals surface area contributed by atoms with Crippen molar-refractivity contribution in [2.24, 2.45) is 0 Å². The molecule has 2 aromatic rings. The number of methoxy groups -OCH3 is 1. The van der Waals surface area contributed by atoms with Crippen LogP contribution in [0.4, 0.5) is 0 Å². The Morgan fingerprint density at radius 2 is 1.85 bits per heavy atom. The summed E-state index contributed by atoms with van der Waals surface area (Å²) in [6.45, 7) is 0.788. The van der Waals surface area contributed by atoms with Crippen molar-refractivity contribution in [3.05, 3.63) is 54.4 Å². The number of benzene rings is 1. The van der Waals surface area contributed by atoms with Gasteiger partial charge in [0, 0.05) is 18.0 Å². The van der Waals surface area contributed by atoms with E-state index < -0.39 is 0 Å². The van der Waals surface area contributed by atoms with E-state index in [0.717, 1.165) is 0 Å². The van der Waals surface area contributed by atoms with Crippen LogP contribution in [0.15, 0.2) is 48.8 Å². The molecule has 0 fully saturated rings. The standard InChI is InChI=1S/C15H16N2O3/c1-19-13-4-2-3-5-14(13)20-11-10-17-15(18)12-6-8-16-9-7-12/h2-9H,10-11H2,1H3,(H,17,18). The van der Waals surface area contributed by atoms with Gasteiger partial charge in [0.05, 0.1) is 13.7 Å². The first-order valence-electron chi connectivity index (χ1n) is 6.25. The van der Waals surface area contributed by atoms with Crippen LogP contribution in [0.1, 0.15) is 10.4 Å². The molecule has 0 saturated carbocycles. The summed E-state index contributed by atoms with van der Waals surface area (Å²) < 4.78 is 10.7. The number of hydrogen-bond donors (Lipinski definition) is 1. The lowest BCUT2D eigenvalue weighted by molar-refractivity contribution is 0.0946. The van der Waals surface area contributed by atoms with Crippen molar-refractivity contribution in [3.63, 3.8) is 0 Å². The van der Waals surface area contributed by atoms with Crippen LogP contribution < -0.4 is 14.8 Å². The zero-order valence-electron chi connectivity index (χ0n) is 11.2. The van der Waals surface area contributed by atoms with Gasteiger partial charge in [-0.25, -0.2) is 0 Å². The number of amides is 1. The Balaban J connectivity index is 1.78. The number of hydrogen-bond acceptors (Lipinski definition) is 4. The van der Waals surface area contributed by atoms with Gasteiger partial charge in [-0.2, -0.15) is 0 Å². The lowest BCUT2D eigenvalue weighted by Crippen LogP contribution is -2.28. The molecule has 1 aromatic carbocycles. The van der Waals surface area contributed by atoms with Crippen molar-refractivity contribution in [1.82, 2.24) is 10.3 Å². The minimum absolute atomic E-state index is 0.143. The second-order valence-corrected chi connectivity index (χ2v) is 3.99. The van der Waals surface area contributed by atoms with Crippen LogP contribution in [0.5, 0.6) is 11.5 Å². The second kappa shape index (κ2) is 7.13. The van der Waals surface area contributed by atoms with Crippen LogP contribution in [0.25, 0.3) is 0 Å². The van der Waals surface area contributed by atoms with Gasteiger partial charge >= 0.3 is 0 Å². The van der Waals surface area contributed by atoms with Gasteiger partial charge in [-0.3, -0.25) is 9.78 Å². The van der Waals surface area contributed by atoms with Gasteiger partial charge in [-0.05, 0) is 24.3 Å². The van der Waals surface area contributed by atoms with E-state index >= 15 is 0 Å². The van der Waals surface area contributed by atoms with Crippen molar-refractivity contribution in [3.8, 4) is 11.5 Å². The SMILES string of the molecule is COc1ccccc1OCCNC(=O)c1ccncc1. The molecule has 0 aliphatic carbocycles. The molecule has 104 valence electrons. The van der Waals surface area contributed by atoms with E-state index in [0.29, 0.717) is 30.2 Å². The minimum atomic E-state index is -0.143. The Morgan fingerprint density at radius 3 is 2.55 bits per heavy atom. The maximum Gasteiger partial charge on any atom is 0.251 e. The van der Waals surface area contributed by atoms with Gasteiger partial charge in [-0.15, -0.1) is 0 Å². The first-order chi connectivity index (χ1) is 9.81. The van der Waals surface area contributed by atoms with E-state index in [1.54, 1.807) is 31.6 Å². The lowest BCUT2D eigenvalue weighted by atomic mass is 10.2. The van der Waals surface area contributed by atoms with Crippen molar-refractivity contribution in [1.29, 1.82) is 0 Å². The molecule has 0 saturated heterocycles. The molecular formula is C15H16N2O3. The molecule has 2 rings (SSSR count). The Kier molecular flexibility index (Phi) is 4.94. The number of carbonyl (C=O) groups is 1. The molecule has 0 atom stereocenters. The molecule has 0 bridgehead atoms. The number of para-hydroxylation sites is 2. The first kappa shape index (κ1) is 13.9. The highest BCUT2D eigenvalue weighted by atomic mass is 16.5. The third-order valence-electron chi connectivity index (χ3n) is 2.66. The minimum Gasteiger partial charge on any atom is -0.493 e. The normalized spacial score (nSPS) is 9.85. The number of nitrogens with zero attached hydrogens (tertiary/aromatic N) is 1. The molecule has 0 spiro atoms. The van der Waals surface area contributed by atoms with E-state index in [-0.39, 0.29) is 5.91 Å².